The molecule has 0 spiro atoms. The van der Waals surface area contributed by atoms with Crippen molar-refractivity contribution >= 4 is 17.5 Å². The van der Waals surface area contributed by atoms with Crippen LogP contribution in [-0.2, 0) is 9.59 Å². The first-order valence-corrected chi connectivity index (χ1v) is 12.1. The summed E-state index contributed by atoms with van der Waals surface area (Å²) < 4.78 is 5.64. The van der Waals surface area contributed by atoms with Crippen molar-refractivity contribution in [2.24, 2.45) is 11.7 Å². The number of piperidine rings is 1. The second-order valence-corrected chi connectivity index (χ2v) is 9.51. The molecular formula is C26H35N5O3. The van der Waals surface area contributed by atoms with E-state index < -0.39 is 5.91 Å². The molecule has 1 unspecified atom stereocenters. The number of rotatable bonds is 7. The second-order valence-electron chi connectivity index (χ2n) is 9.51. The Morgan fingerprint density at radius 3 is 2.50 bits per heavy atom. The summed E-state index contributed by atoms with van der Waals surface area (Å²) in [5, 5.41) is 15.6. The predicted molar refractivity (Wildman–Crippen MR) is 132 cm³/mol. The van der Waals surface area contributed by atoms with Gasteiger partial charge in [-0.05, 0) is 74.6 Å². The molecule has 1 saturated carbocycles. The lowest BCUT2D eigenvalue weighted by molar-refractivity contribution is -0.127. The number of nitrogens with one attached hydrogen (secondary N) is 3. The zero-order chi connectivity index (χ0) is 24.4. The molecule has 0 radical (unpaired) electrons. The first-order chi connectivity index (χ1) is 16.3. The van der Waals surface area contributed by atoms with Crippen LogP contribution in [0.3, 0.4) is 0 Å². The first-order valence-electron chi connectivity index (χ1n) is 12.1. The Morgan fingerprint density at radius 2 is 1.91 bits per heavy atom. The van der Waals surface area contributed by atoms with Gasteiger partial charge >= 0.3 is 0 Å². The van der Waals surface area contributed by atoms with Gasteiger partial charge in [0.15, 0.2) is 0 Å². The van der Waals surface area contributed by atoms with E-state index in [-0.39, 0.29) is 23.2 Å². The molecule has 5 N–H and O–H groups in total. The molecule has 0 aromatic heterocycles. The van der Waals surface area contributed by atoms with E-state index in [0.29, 0.717) is 42.9 Å². The Morgan fingerprint density at radius 1 is 1.21 bits per heavy atom. The van der Waals surface area contributed by atoms with Gasteiger partial charge in [-0.3, -0.25) is 15.0 Å². The maximum atomic E-state index is 12.5. The molecule has 2 heterocycles. The molecule has 1 atom stereocenters. The molecule has 1 aromatic rings. The van der Waals surface area contributed by atoms with Crippen LogP contribution >= 0.6 is 0 Å². The van der Waals surface area contributed by atoms with Gasteiger partial charge in [0.2, 0.25) is 5.91 Å². The van der Waals surface area contributed by atoms with Gasteiger partial charge in [0.05, 0.1) is 12.8 Å². The van der Waals surface area contributed by atoms with Gasteiger partial charge in [-0.15, -0.1) is 0 Å². The molecule has 3 aliphatic rings. The summed E-state index contributed by atoms with van der Waals surface area (Å²) in [6, 6.07) is 3.95. The lowest BCUT2D eigenvalue weighted by atomic mass is 9.86. The summed E-state index contributed by atoms with van der Waals surface area (Å²) in [4.78, 5) is 26.3. The third kappa shape index (κ3) is 4.81. The van der Waals surface area contributed by atoms with Gasteiger partial charge in [0.1, 0.15) is 17.1 Å². The van der Waals surface area contributed by atoms with Gasteiger partial charge in [0, 0.05) is 36.8 Å². The summed E-state index contributed by atoms with van der Waals surface area (Å²) in [6.45, 7) is 7.69. The highest BCUT2D eigenvalue weighted by Gasteiger charge is 2.33. The van der Waals surface area contributed by atoms with Crippen molar-refractivity contribution in [3.05, 3.63) is 52.9 Å². The highest BCUT2D eigenvalue weighted by molar-refractivity contribution is 6.27. The van der Waals surface area contributed by atoms with E-state index in [1.165, 1.54) is 11.6 Å². The van der Waals surface area contributed by atoms with Crippen LogP contribution in [-0.4, -0.2) is 55.2 Å². The van der Waals surface area contributed by atoms with Crippen LogP contribution in [0.25, 0.3) is 0 Å². The maximum absolute atomic E-state index is 12.5. The van der Waals surface area contributed by atoms with Crippen LogP contribution in [0.4, 0.5) is 0 Å². The molecule has 8 heteroatoms. The van der Waals surface area contributed by atoms with Crippen LogP contribution < -0.4 is 21.1 Å². The van der Waals surface area contributed by atoms with Crippen molar-refractivity contribution in [2.75, 3.05) is 26.7 Å². The summed E-state index contributed by atoms with van der Waals surface area (Å²) in [5.41, 5.74) is 8.91. The number of hydrogen-bond acceptors (Lipinski definition) is 6. The van der Waals surface area contributed by atoms with Crippen LogP contribution in [0, 0.1) is 18.3 Å². The normalized spacial score (nSPS) is 22.3. The van der Waals surface area contributed by atoms with Crippen LogP contribution in [0.2, 0.25) is 0 Å². The van der Waals surface area contributed by atoms with Crippen LogP contribution in [0.15, 0.2) is 36.2 Å². The second kappa shape index (κ2) is 9.91. The fourth-order valence-electron chi connectivity index (χ4n) is 5.32. The summed E-state index contributed by atoms with van der Waals surface area (Å²) in [6.07, 6.45) is 6.33. The lowest BCUT2D eigenvalue weighted by Gasteiger charge is -2.39. The number of hydrogen-bond donors (Lipinski definition) is 4. The van der Waals surface area contributed by atoms with Crippen molar-refractivity contribution in [1.29, 1.82) is 5.41 Å². The Balaban J connectivity index is 1.56. The fraction of sp³-hybridized carbons (Fsp3) is 0.500. The van der Waals surface area contributed by atoms with E-state index in [9.17, 15) is 9.59 Å². The van der Waals surface area contributed by atoms with Crippen molar-refractivity contribution in [1.82, 2.24) is 15.5 Å². The topological polar surface area (TPSA) is 121 Å². The van der Waals surface area contributed by atoms with E-state index >= 15 is 0 Å². The van der Waals surface area contributed by atoms with E-state index in [2.05, 4.69) is 17.2 Å². The largest absolute Gasteiger partial charge is 0.496 e. The molecule has 4 rings (SSSR count). The van der Waals surface area contributed by atoms with Crippen LogP contribution in [0.5, 0.6) is 5.75 Å². The Kier molecular flexibility index (Phi) is 6.95. The van der Waals surface area contributed by atoms with Gasteiger partial charge in [-0.25, -0.2) is 0 Å². The molecule has 2 amide bonds. The van der Waals surface area contributed by atoms with E-state index in [4.69, 9.17) is 15.9 Å². The SMILES string of the molecule is C=CC(=O)N1CCC(C2CCN/C(=C(/C(=N)c3cc(C)c(C4CC4)c(OC)c3)C(N)=O)N2)CC1. The monoisotopic (exact) mass is 465 g/mol. The molecular weight excluding hydrogens is 430 g/mol. The van der Waals surface area contributed by atoms with Gasteiger partial charge in [-0.2, -0.15) is 0 Å². The summed E-state index contributed by atoms with van der Waals surface area (Å²) in [7, 11) is 1.64. The number of nitrogens with zero attached hydrogens (tertiary/aromatic N) is 1. The molecule has 34 heavy (non-hydrogen) atoms. The molecule has 2 saturated heterocycles. The number of methoxy groups -OCH3 is 1. The Labute approximate surface area is 201 Å². The molecule has 1 aliphatic carbocycles. The molecule has 3 fully saturated rings. The smallest absolute Gasteiger partial charge is 0.254 e. The number of carbonyl (C=O) groups excluding carboxylic acids is 2. The average molecular weight is 466 g/mol. The zero-order valence-corrected chi connectivity index (χ0v) is 20.1. The number of primary amides is 1. The minimum atomic E-state index is -0.644. The van der Waals surface area contributed by atoms with Crippen molar-refractivity contribution < 1.29 is 14.3 Å². The van der Waals surface area contributed by atoms with Crippen molar-refractivity contribution in [3.8, 4) is 5.75 Å². The Hall–Kier alpha value is -3.29. The highest BCUT2D eigenvalue weighted by atomic mass is 16.5. The van der Waals surface area contributed by atoms with E-state index in [1.54, 1.807) is 7.11 Å². The minimum absolute atomic E-state index is 0.0276. The number of likely N-dealkylation sites (tertiary alicyclic amines) is 1. The number of carbonyl (C=O) groups is 2. The number of ether oxygens (including phenoxy) is 1. The van der Waals surface area contributed by atoms with Gasteiger partial charge in [-0.1, -0.05) is 6.58 Å². The summed E-state index contributed by atoms with van der Waals surface area (Å²) >= 11 is 0. The fourth-order valence-corrected chi connectivity index (χ4v) is 5.32. The van der Waals surface area contributed by atoms with Gasteiger partial charge < -0.3 is 26.0 Å². The third-order valence-corrected chi connectivity index (χ3v) is 7.27. The van der Waals surface area contributed by atoms with Crippen molar-refractivity contribution in [2.45, 2.75) is 51.0 Å². The maximum Gasteiger partial charge on any atom is 0.254 e. The molecule has 1 aromatic carbocycles. The Bertz CT molecular complexity index is 1040. The number of amides is 2. The quantitative estimate of drug-likeness (QED) is 0.364. The number of nitrogens with two attached hydrogens (primary N) is 1. The van der Waals surface area contributed by atoms with E-state index in [1.807, 2.05) is 24.0 Å². The predicted octanol–water partition coefficient (Wildman–Crippen LogP) is 2.32. The molecule has 0 bridgehead atoms. The average Bonchev–Trinajstić information content (AvgIpc) is 3.68. The van der Waals surface area contributed by atoms with Crippen LogP contribution in [0.1, 0.15) is 54.7 Å². The van der Waals surface area contributed by atoms with Gasteiger partial charge in [0.25, 0.3) is 5.91 Å². The zero-order valence-electron chi connectivity index (χ0n) is 20.1. The van der Waals surface area contributed by atoms with Crippen molar-refractivity contribution in [3.63, 3.8) is 0 Å². The molecule has 8 nitrogen and oxygen atoms in total. The molecule has 2 aliphatic heterocycles. The minimum Gasteiger partial charge on any atom is -0.496 e. The first kappa shape index (κ1) is 23.9. The highest BCUT2D eigenvalue weighted by Crippen LogP contribution is 2.46. The summed E-state index contributed by atoms with van der Waals surface area (Å²) in [5.74, 6) is 1.49. The third-order valence-electron chi connectivity index (χ3n) is 7.27. The number of aryl methyl sites for hydroxylation is 1. The van der Waals surface area contributed by atoms with E-state index in [0.717, 1.165) is 43.4 Å². The molecule has 182 valence electrons. The standard InChI is InChI=1S/C26H35N5O3/c1-4-21(32)31-11-8-16(9-12-31)19-7-10-29-26(30-19)23(25(28)33)24(27)18-13-15(2)22(17-5-6-17)20(14-18)34-3/h4,13-14,16-17,19,27,29-30H,1,5-12H2,2-3H3,(H2,28,33)/b26-23+,27-24?. The lowest BCUT2D eigenvalue weighted by Crippen LogP contribution is -2.51. The number of benzene rings is 1.